The fourth-order valence-corrected chi connectivity index (χ4v) is 2.95. The molecule has 0 aliphatic carbocycles. The Kier molecular flexibility index (Phi) is 5.46. The van der Waals surface area contributed by atoms with Gasteiger partial charge in [0.05, 0.1) is 7.11 Å². The number of hydrazine groups is 1. The summed E-state index contributed by atoms with van der Waals surface area (Å²) >= 11 is 5.16. The lowest BCUT2D eigenvalue weighted by Crippen LogP contribution is -2.51. The molecule has 3 amide bonds. The summed E-state index contributed by atoms with van der Waals surface area (Å²) in [5, 5.41) is 6.48. The molecule has 28 heavy (non-hydrogen) atoms. The second-order valence-corrected chi connectivity index (χ2v) is 6.75. The third kappa shape index (κ3) is 3.89. The van der Waals surface area contributed by atoms with Gasteiger partial charge in [0.25, 0.3) is 5.91 Å². The third-order valence-electron chi connectivity index (χ3n) is 4.44. The Morgan fingerprint density at radius 3 is 2.43 bits per heavy atom. The van der Waals surface area contributed by atoms with E-state index in [0.29, 0.717) is 17.9 Å². The number of hydrogen-bond acceptors (Lipinski definition) is 4. The van der Waals surface area contributed by atoms with Gasteiger partial charge in [0.1, 0.15) is 17.1 Å². The quantitative estimate of drug-likeness (QED) is 0.525. The summed E-state index contributed by atoms with van der Waals surface area (Å²) in [5.74, 6) is -0.180. The summed E-state index contributed by atoms with van der Waals surface area (Å²) in [6.45, 7) is 1.93. The van der Waals surface area contributed by atoms with E-state index in [1.54, 1.807) is 50.4 Å². The van der Waals surface area contributed by atoms with Crippen LogP contribution in [0, 0.1) is 5.82 Å². The molecule has 0 unspecified atom stereocenters. The third-order valence-corrected chi connectivity index (χ3v) is 4.67. The molecule has 0 bridgehead atoms. The lowest BCUT2D eigenvalue weighted by atomic mass is 9.92. The standard InChI is InChI=1S/C19H19FN4O3S/c1-19(13-5-9-15(27-2)10-6-13)16(25)24(18(26)22-19)23-17(28)21-11-12-3-7-14(20)8-4-12/h3-10H,11H2,1-2H3,(H,22,26)(H2,21,23,28)/t19-/m0/s1. The number of nitrogens with one attached hydrogen (secondary N) is 3. The minimum absolute atomic E-state index is 0.0896. The predicted octanol–water partition coefficient (Wildman–Crippen LogP) is 2.18. The summed E-state index contributed by atoms with van der Waals surface area (Å²) in [6.07, 6.45) is 0. The second kappa shape index (κ2) is 7.81. The highest BCUT2D eigenvalue weighted by atomic mass is 32.1. The number of benzene rings is 2. The average molecular weight is 402 g/mol. The van der Waals surface area contributed by atoms with Crippen molar-refractivity contribution in [1.82, 2.24) is 21.1 Å². The van der Waals surface area contributed by atoms with Crippen molar-refractivity contribution < 1.29 is 18.7 Å². The molecule has 0 aromatic heterocycles. The van der Waals surface area contributed by atoms with Crippen LogP contribution in [0.25, 0.3) is 0 Å². The van der Waals surface area contributed by atoms with Crippen molar-refractivity contribution in [3.63, 3.8) is 0 Å². The van der Waals surface area contributed by atoms with Gasteiger partial charge < -0.3 is 15.4 Å². The van der Waals surface area contributed by atoms with Crippen LogP contribution in [0.4, 0.5) is 9.18 Å². The number of methoxy groups -OCH3 is 1. The van der Waals surface area contributed by atoms with E-state index in [-0.39, 0.29) is 10.9 Å². The largest absolute Gasteiger partial charge is 0.497 e. The topological polar surface area (TPSA) is 82.7 Å². The number of rotatable bonds is 5. The smallest absolute Gasteiger partial charge is 0.344 e. The maximum Gasteiger partial charge on any atom is 0.344 e. The van der Waals surface area contributed by atoms with Crippen molar-refractivity contribution in [2.45, 2.75) is 19.0 Å². The van der Waals surface area contributed by atoms with Crippen molar-refractivity contribution in [3.05, 3.63) is 65.5 Å². The van der Waals surface area contributed by atoms with Crippen molar-refractivity contribution in [1.29, 1.82) is 0 Å². The fourth-order valence-electron chi connectivity index (χ4n) is 2.79. The first kappa shape index (κ1) is 19.6. The first-order valence-corrected chi connectivity index (χ1v) is 8.84. The van der Waals surface area contributed by atoms with E-state index in [2.05, 4.69) is 16.1 Å². The van der Waals surface area contributed by atoms with Crippen molar-refractivity contribution in [3.8, 4) is 5.75 Å². The van der Waals surface area contributed by atoms with Gasteiger partial charge >= 0.3 is 6.03 Å². The van der Waals surface area contributed by atoms with Crippen LogP contribution in [0.15, 0.2) is 48.5 Å². The van der Waals surface area contributed by atoms with Gasteiger partial charge in [0, 0.05) is 6.54 Å². The van der Waals surface area contributed by atoms with E-state index in [1.165, 1.54) is 12.1 Å². The molecule has 3 N–H and O–H groups in total. The lowest BCUT2D eigenvalue weighted by Gasteiger charge is -2.23. The monoisotopic (exact) mass is 402 g/mol. The molecule has 146 valence electrons. The van der Waals surface area contributed by atoms with Gasteiger partial charge in [0.2, 0.25) is 0 Å². The average Bonchev–Trinajstić information content (AvgIpc) is 2.91. The van der Waals surface area contributed by atoms with E-state index in [9.17, 15) is 14.0 Å². The first-order valence-electron chi connectivity index (χ1n) is 8.43. The minimum atomic E-state index is -1.23. The molecular formula is C19H19FN4O3S. The molecule has 1 aliphatic rings. The predicted molar refractivity (Wildman–Crippen MR) is 105 cm³/mol. The highest BCUT2D eigenvalue weighted by Crippen LogP contribution is 2.29. The number of amides is 3. The molecule has 1 aliphatic heterocycles. The van der Waals surface area contributed by atoms with E-state index >= 15 is 0 Å². The van der Waals surface area contributed by atoms with Gasteiger partial charge in [0.15, 0.2) is 5.11 Å². The maximum atomic E-state index is 12.9. The Morgan fingerprint density at radius 2 is 1.82 bits per heavy atom. The summed E-state index contributed by atoms with van der Waals surface area (Å²) in [4.78, 5) is 25.2. The number of halogens is 1. The Morgan fingerprint density at radius 1 is 1.18 bits per heavy atom. The number of nitrogens with zero attached hydrogens (tertiary/aromatic N) is 1. The molecule has 1 fully saturated rings. The number of hydrogen-bond donors (Lipinski definition) is 3. The molecule has 7 nitrogen and oxygen atoms in total. The molecular weight excluding hydrogens is 383 g/mol. The Labute approximate surface area is 166 Å². The number of ether oxygens (including phenoxy) is 1. The van der Waals surface area contributed by atoms with Gasteiger partial charge in [-0.1, -0.05) is 24.3 Å². The van der Waals surface area contributed by atoms with Crippen LogP contribution in [0.2, 0.25) is 0 Å². The number of urea groups is 1. The molecule has 0 radical (unpaired) electrons. The highest BCUT2D eigenvalue weighted by molar-refractivity contribution is 7.80. The number of carbonyl (C=O) groups is 2. The van der Waals surface area contributed by atoms with Crippen molar-refractivity contribution >= 4 is 29.3 Å². The fraction of sp³-hybridized carbons (Fsp3) is 0.211. The van der Waals surface area contributed by atoms with Crippen LogP contribution in [-0.2, 0) is 16.9 Å². The zero-order valence-corrected chi connectivity index (χ0v) is 16.1. The van der Waals surface area contributed by atoms with Crippen LogP contribution in [-0.4, -0.2) is 29.2 Å². The van der Waals surface area contributed by atoms with Crippen molar-refractivity contribution in [2.75, 3.05) is 7.11 Å². The van der Waals surface area contributed by atoms with E-state index < -0.39 is 17.5 Å². The number of thiocarbonyl (C=S) groups is 1. The van der Waals surface area contributed by atoms with Crippen molar-refractivity contribution in [2.24, 2.45) is 0 Å². The lowest BCUT2D eigenvalue weighted by molar-refractivity contribution is -0.132. The molecule has 2 aromatic rings. The van der Waals surface area contributed by atoms with E-state index in [0.717, 1.165) is 10.6 Å². The number of carbonyl (C=O) groups excluding carboxylic acids is 2. The van der Waals surface area contributed by atoms with Gasteiger partial charge in [-0.15, -0.1) is 0 Å². The van der Waals surface area contributed by atoms with Crippen LogP contribution in [0.1, 0.15) is 18.1 Å². The Bertz CT molecular complexity index is 904. The van der Waals surface area contributed by atoms with Crippen LogP contribution in [0.5, 0.6) is 5.75 Å². The van der Waals surface area contributed by atoms with Gasteiger partial charge in [-0.25, -0.2) is 9.18 Å². The Hall–Kier alpha value is -3.20. The zero-order valence-electron chi connectivity index (χ0n) is 15.3. The second-order valence-electron chi connectivity index (χ2n) is 6.35. The van der Waals surface area contributed by atoms with Crippen LogP contribution in [0.3, 0.4) is 0 Å². The molecule has 1 atom stereocenters. The summed E-state index contributed by atoms with van der Waals surface area (Å²) in [5.41, 5.74) is 2.78. The van der Waals surface area contributed by atoms with Crippen LogP contribution >= 0.6 is 12.2 Å². The SMILES string of the molecule is COc1ccc([C@]2(C)NC(=O)N(NC(=S)NCc3ccc(F)cc3)C2=O)cc1. The molecule has 2 aromatic carbocycles. The first-order chi connectivity index (χ1) is 13.3. The van der Waals surface area contributed by atoms with Gasteiger partial charge in [-0.3, -0.25) is 10.2 Å². The molecule has 0 saturated carbocycles. The normalized spacial score (nSPS) is 18.6. The summed E-state index contributed by atoms with van der Waals surface area (Å²) in [6, 6.07) is 12.1. The number of imide groups is 1. The summed E-state index contributed by atoms with van der Waals surface area (Å²) in [7, 11) is 1.55. The van der Waals surface area contributed by atoms with Gasteiger partial charge in [-0.05, 0) is 54.5 Å². The maximum absolute atomic E-state index is 12.9. The minimum Gasteiger partial charge on any atom is -0.497 e. The molecule has 1 saturated heterocycles. The van der Waals surface area contributed by atoms with Crippen LogP contribution < -0.4 is 20.8 Å². The molecule has 0 spiro atoms. The highest BCUT2D eigenvalue weighted by Gasteiger charge is 2.49. The van der Waals surface area contributed by atoms with E-state index in [1.807, 2.05) is 0 Å². The Balaban J connectivity index is 1.65. The summed E-state index contributed by atoms with van der Waals surface area (Å²) < 4.78 is 18.1. The molecule has 9 heteroatoms. The zero-order chi connectivity index (χ0) is 20.3. The molecule has 1 heterocycles. The van der Waals surface area contributed by atoms with E-state index in [4.69, 9.17) is 17.0 Å². The van der Waals surface area contributed by atoms with Gasteiger partial charge in [-0.2, -0.15) is 5.01 Å². The molecule has 3 rings (SSSR count).